The van der Waals surface area contributed by atoms with Crippen molar-refractivity contribution in [3.05, 3.63) is 23.8 Å². The standard InChI is InChI=1S/C22H30F2N8O3/c1-4-29(5-2)21-26-28-32(27-21)15-6-8-30(9-7-15)20-18(23)10-16(11-19(20)24)31-13-17(35-22(31)34)12-25-14(3)33/h10-11,15,17H,4-9,12-13H2,1-3H3,(H,25,33). The largest absolute Gasteiger partial charge is 0.442 e. The molecule has 1 N–H and O–H groups in total. The molecule has 190 valence electrons. The quantitative estimate of drug-likeness (QED) is 0.597. The van der Waals surface area contributed by atoms with E-state index >= 15 is 8.78 Å². The van der Waals surface area contributed by atoms with Crippen molar-refractivity contribution < 1.29 is 23.1 Å². The molecule has 2 aliphatic heterocycles. The van der Waals surface area contributed by atoms with E-state index in [9.17, 15) is 9.59 Å². The number of anilines is 3. The van der Waals surface area contributed by atoms with Crippen molar-refractivity contribution in [1.29, 1.82) is 0 Å². The highest BCUT2D eigenvalue weighted by atomic mass is 19.1. The maximum atomic E-state index is 15.1. The van der Waals surface area contributed by atoms with E-state index in [2.05, 4.69) is 20.7 Å². The van der Waals surface area contributed by atoms with Gasteiger partial charge in [0.15, 0.2) is 11.6 Å². The second kappa shape index (κ2) is 10.4. The molecule has 0 saturated carbocycles. The van der Waals surface area contributed by atoms with Gasteiger partial charge in [-0.05, 0) is 31.9 Å². The lowest BCUT2D eigenvalue weighted by molar-refractivity contribution is -0.119. The fraction of sp³-hybridized carbons (Fsp3) is 0.591. The lowest BCUT2D eigenvalue weighted by Gasteiger charge is -2.33. The number of nitrogens with one attached hydrogen (secondary N) is 1. The number of nitrogens with zero attached hydrogens (tertiary/aromatic N) is 7. The molecule has 1 aromatic heterocycles. The van der Waals surface area contributed by atoms with E-state index in [0.717, 1.165) is 25.2 Å². The van der Waals surface area contributed by atoms with Crippen molar-refractivity contribution >= 4 is 29.3 Å². The Morgan fingerprint density at radius 1 is 1.20 bits per heavy atom. The number of tetrazole rings is 1. The fourth-order valence-electron chi connectivity index (χ4n) is 4.43. The van der Waals surface area contributed by atoms with Crippen LogP contribution in [0.15, 0.2) is 12.1 Å². The molecule has 35 heavy (non-hydrogen) atoms. The summed E-state index contributed by atoms with van der Waals surface area (Å²) in [5.41, 5.74) is -0.0466. The predicted octanol–water partition coefficient (Wildman–Crippen LogP) is 2.10. The molecule has 1 unspecified atom stereocenters. The summed E-state index contributed by atoms with van der Waals surface area (Å²) in [6.45, 7) is 8.01. The molecular formula is C22H30F2N8O3. The van der Waals surface area contributed by atoms with Gasteiger partial charge < -0.3 is 19.9 Å². The highest BCUT2D eigenvalue weighted by Gasteiger charge is 2.34. The Hall–Kier alpha value is -3.51. The van der Waals surface area contributed by atoms with Crippen LogP contribution in [0.2, 0.25) is 0 Å². The van der Waals surface area contributed by atoms with Gasteiger partial charge in [-0.1, -0.05) is 5.10 Å². The summed E-state index contributed by atoms with van der Waals surface area (Å²) in [4.78, 5) is 29.7. The van der Waals surface area contributed by atoms with Crippen molar-refractivity contribution in [2.45, 2.75) is 45.8 Å². The van der Waals surface area contributed by atoms with Crippen molar-refractivity contribution in [2.75, 3.05) is 54.0 Å². The monoisotopic (exact) mass is 492 g/mol. The highest BCUT2D eigenvalue weighted by Crippen LogP contribution is 2.34. The number of rotatable bonds is 8. The SMILES string of the molecule is CCN(CC)c1nnn(C2CCN(c3c(F)cc(N4CC(CNC(C)=O)OC4=O)cc3F)CC2)n1. The number of benzene rings is 1. The maximum Gasteiger partial charge on any atom is 0.414 e. The summed E-state index contributed by atoms with van der Waals surface area (Å²) in [5.74, 6) is -1.18. The van der Waals surface area contributed by atoms with E-state index in [1.54, 1.807) is 9.70 Å². The van der Waals surface area contributed by atoms with E-state index < -0.39 is 23.8 Å². The summed E-state index contributed by atoms with van der Waals surface area (Å²) < 4.78 is 35.3. The molecule has 2 aromatic rings. The second-order valence-electron chi connectivity index (χ2n) is 8.61. The zero-order chi connectivity index (χ0) is 25.1. The van der Waals surface area contributed by atoms with Crippen LogP contribution in [0.1, 0.15) is 39.7 Å². The number of hydrogen-bond donors (Lipinski definition) is 1. The number of amides is 2. The van der Waals surface area contributed by atoms with Gasteiger partial charge in [-0.25, -0.2) is 13.6 Å². The first-order valence-electron chi connectivity index (χ1n) is 11.8. The first-order chi connectivity index (χ1) is 16.8. The molecule has 1 aromatic carbocycles. The van der Waals surface area contributed by atoms with Crippen LogP contribution in [0.3, 0.4) is 0 Å². The summed E-state index contributed by atoms with van der Waals surface area (Å²) in [7, 11) is 0. The number of ether oxygens (including phenoxy) is 1. The van der Waals surface area contributed by atoms with Gasteiger partial charge in [-0.15, -0.1) is 5.10 Å². The number of halogens is 2. The van der Waals surface area contributed by atoms with Gasteiger partial charge in [0.05, 0.1) is 24.8 Å². The molecule has 2 saturated heterocycles. The molecular weight excluding hydrogens is 462 g/mol. The van der Waals surface area contributed by atoms with Gasteiger partial charge >= 0.3 is 6.09 Å². The van der Waals surface area contributed by atoms with Crippen molar-refractivity contribution in [2.24, 2.45) is 0 Å². The average Bonchev–Trinajstić information content (AvgIpc) is 3.46. The lowest BCUT2D eigenvalue weighted by Crippen LogP contribution is -2.36. The molecule has 2 aliphatic rings. The van der Waals surface area contributed by atoms with Crippen LogP contribution in [-0.4, -0.2) is 77.6 Å². The highest BCUT2D eigenvalue weighted by molar-refractivity contribution is 5.90. The fourth-order valence-corrected chi connectivity index (χ4v) is 4.43. The molecule has 0 radical (unpaired) electrons. The van der Waals surface area contributed by atoms with Crippen LogP contribution < -0.4 is 20.0 Å². The normalized spacial score (nSPS) is 18.7. The average molecular weight is 493 g/mol. The summed E-state index contributed by atoms with van der Waals surface area (Å²) >= 11 is 0. The van der Waals surface area contributed by atoms with Gasteiger partial charge in [-0.2, -0.15) is 4.80 Å². The van der Waals surface area contributed by atoms with Crippen LogP contribution in [0.4, 0.5) is 30.9 Å². The van der Waals surface area contributed by atoms with Gasteiger partial charge in [0, 0.05) is 45.2 Å². The predicted molar refractivity (Wildman–Crippen MR) is 125 cm³/mol. The molecule has 0 bridgehead atoms. The Labute approximate surface area is 202 Å². The minimum Gasteiger partial charge on any atom is -0.442 e. The summed E-state index contributed by atoms with van der Waals surface area (Å²) in [6.07, 6.45) is -0.0865. The van der Waals surface area contributed by atoms with Gasteiger partial charge in [0.25, 0.3) is 5.95 Å². The zero-order valence-corrected chi connectivity index (χ0v) is 20.1. The first-order valence-corrected chi connectivity index (χ1v) is 11.8. The van der Waals surface area contributed by atoms with E-state index in [-0.39, 0.29) is 36.4 Å². The summed E-state index contributed by atoms with van der Waals surface area (Å²) in [5, 5.41) is 15.4. The first kappa shape index (κ1) is 24.6. The molecule has 2 fully saturated rings. The molecule has 4 rings (SSSR count). The molecule has 0 aliphatic carbocycles. The van der Waals surface area contributed by atoms with E-state index in [1.165, 1.54) is 11.8 Å². The van der Waals surface area contributed by atoms with Crippen molar-refractivity contribution in [3.63, 3.8) is 0 Å². The van der Waals surface area contributed by atoms with Gasteiger partial charge in [0.2, 0.25) is 5.91 Å². The Kier molecular flexibility index (Phi) is 7.31. The minimum absolute atomic E-state index is 0.00614. The Balaban J connectivity index is 1.41. The third-order valence-electron chi connectivity index (χ3n) is 6.34. The molecule has 11 nitrogen and oxygen atoms in total. The van der Waals surface area contributed by atoms with Gasteiger partial charge in [-0.3, -0.25) is 9.69 Å². The second-order valence-corrected chi connectivity index (χ2v) is 8.61. The number of carbonyl (C=O) groups is 2. The van der Waals surface area contributed by atoms with Crippen LogP contribution in [-0.2, 0) is 9.53 Å². The van der Waals surface area contributed by atoms with Crippen LogP contribution in [0.5, 0.6) is 0 Å². The number of carbonyl (C=O) groups excluding carboxylic acids is 2. The molecule has 13 heteroatoms. The molecule has 2 amide bonds. The van der Waals surface area contributed by atoms with Crippen molar-refractivity contribution in [3.8, 4) is 0 Å². The number of piperidine rings is 1. The van der Waals surface area contributed by atoms with Crippen molar-refractivity contribution in [1.82, 2.24) is 25.5 Å². The van der Waals surface area contributed by atoms with Crippen LogP contribution in [0, 0.1) is 11.6 Å². The minimum atomic E-state index is -0.751. The van der Waals surface area contributed by atoms with Gasteiger partial charge in [0.1, 0.15) is 11.8 Å². The topological polar surface area (TPSA) is 109 Å². The van der Waals surface area contributed by atoms with E-state index in [4.69, 9.17) is 4.74 Å². The molecule has 0 spiro atoms. The molecule has 1 atom stereocenters. The van der Waals surface area contributed by atoms with Crippen LogP contribution in [0.25, 0.3) is 0 Å². The third kappa shape index (κ3) is 5.28. The molecule has 3 heterocycles. The Bertz CT molecular complexity index is 1050. The van der Waals surface area contributed by atoms with E-state index in [1.807, 2.05) is 18.7 Å². The number of cyclic esters (lactones) is 1. The third-order valence-corrected chi connectivity index (χ3v) is 6.34. The number of hydrogen-bond acceptors (Lipinski definition) is 8. The lowest BCUT2D eigenvalue weighted by atomic mass is 10.0. The summed E-state index contributed by atoms with van der Waals surface area (Å²) in [6, 6.07) is 2.28. The zero-order valence-electron chi connectivity index (χ0n) is 20.1. The Morgan fingerprint density at radius 2 is 1.86 bits per heavy atom. The van der Waals surface area contributed by atoms with Crippen LogP contribution >= 0.6 is 0 Å². The maximum absolute atomic E-state index is 15.1. The Morgan fingerprint density at radius 3 is 2.46 bits per heavy atom. The van der Waals surface area contributed by atoms with E-state index in [0.29, 0.717) is 31.9 Å². The number of aromatic nitrogens is 4. The smallest absolute Gasteiger partial charge is 0.414 e.